The molecule has 1 N–H and O–H groups in total. The van der Waals surface area contributed by atoms with E-state index < -0.39 is 28.5 Å². The number of sulfonamides is 1. The SMILES string of the molecule is Cc1ccccc1CN(C(=O)CN(c1ccc(I)cc1)S(=O)(=O)c1ccccc1)[C@@H](Cc1ccccc1)C(=O)NCC(C)C. The normalized spacial score (nSPS) is 12.0. The molecule has 44 heavy (non-hydrogen) atoms. The Bertz CT molecular complexity index is 1650. The largest absolute Gasteiger partial charge is 0.354 e. The third-order valence-electron chi connectivity index (χ3n) is 7.28. The molecule has 1 atom stereocenters. The van der Waals surface area contributed by atoms with Crippen molar-refractivity contribution in [2.24, 2.45) is 5.92 Å². The average molecular weight is 724 g/mol. The Morgan fingerprint density at radius 2 is 1.41 bits per heavy atom. The van der Waals surface area contributed by atoms with Crippen molar-refractivity contribution in [2.45, 2.75) is 44.7 Å². The first-order valence-corrected chi connectivity index (χ1v) is 17.1. The zero-order chi connectivity index (χ0) is 31.7. The van der Waals surface area contributed by atoms with Crippen molar-refractivity contribution in [3.63, 3.8) is 0 Å². The van der Waals surface area contributed by atoms with E-state index in [2.05, 4.69) is 27.9 Å². The molecule has 230 valence electrons. The lowest BCUT2D eigenvalue weighted by atomic mass is 10.0. The summed E-state index contributed by atoms with van der Waals surface area (Å²) in [7, 11) is -4.12. The number of hydrogen-bond donors (Lipinski definition) is 1. The Hall–Kier alpha value is -3.70. The van der Waals surface area contributed by atoms with Gasteiger partial charge in [-0.2, -0.15) is 0 Å². The van der Waals surface area contributed by atoms with Gasteiger partial charge >= 0.3 is 0 Å². The van der Waals surface area contributed by atoms with Crippen molar-refractivity contribution in [3.05, 3.63) is 129 Å². The summed E-state index contributed by atoms with van der Waals surface area (Å²) in [6.07, 6.45) is 0.275. The summed E-state index contributed by atoms with van der Waals surface area (Å²) in [6.45, 7) is 6.09. The zero-order valence-corrected chi connectivity index (χ0v) is 28.2. The standard InChI is InChI=1S/C35H38IN3O4S/c1-26(2)23-37-35(41)33(22-28-13-6-4-7-14-28)38(24-29-15-11-10-12-27(29)3)34(40)25-39(31-20-18-30(36)19-21-31)44(42,43)32-16-8-5-9-17-32/h4-21,26,33H,22-25H2,1-3H3,(H,37,41)/t33-/m0/s1. The van der Waals surface area contributed by atoms with E-state index in [1.54, 1.807) is 42.5 Å². The van der Waals surface area contributed by atoms with Crippen LogP contribution in [0.3, 0.4) is 0 Å². The second-order valence-corrected chi connectivity index (χ2v) is 14.2. The molecule has 0 saturated heterocycles. The number of amides is 2. The lowest BCUT2D eigenvalue weighted by Crippen LogP contribution is -2.53. The molecule has 4 rings (SSSR count). The van der Waals surface area contributed by atoms with Gasteiger partial charge in [-0.15, -0.1) is 0 Å². The van der Waals surface area contributed by atoms with Gasteiger partial charge in [0.2, 0.25) is 11.8 Å². The molecule has 0 aliphatic carbocycles. The first-order valence-electron chi connectivity index (χ1n) is 14.5. The fourth-order valence-corrected chi connectivity index (χ4v) is 6.60. The summed E-state index contributed by atoms with van der Waals surface area (Å²) in [6, 6.07) is 31.5. The van der Waals surface area contributed by atoms with Gasteiger partial charge in [-0.1, -0.05) is 86.6 Å². The number of halogens is 1. The first kappa shape index (κ1) is 33.2. The van der Waals surface area contributed by atoms with E-state index in [-0.39, 0.29) is 29.7 Å². The van der Waals surface area contributed by atoms with Gasteiger partial charge in [-0.25, -0.2) is 8.42 Å². The maximum Gasteiger partial charge on any atom is 0.264 e. The number of benzene rings is 4. The smallest absolute Gasteiger partial charge is 0.264 e. The van der Waals surface area contributed by atoms with Gasteiger partial charge in [0.1, 0.15) is 12.6 Å². The maximum absolute atomic E-state index is 14.5. The molecule has 0 aromatic heterocycles. The summed E-state index contributed by atoms with van der Waals surface area (Å²) >= 11 is 2.15. The fraction of sp³-hybridized carbons (Fsp3) is 0.257. The molecule has 7 nitrogen and oxygen atoms in total. The van der Waals surface area contributed by atoms with Crippen molar-refractivity contribution >= 4 is 50.1 Å². The van der Waals surface area contributed by atoms with Gasteiger partial charge in [-0.3, -0.25) is 13.9 Å². The average Bonchev–Trinajstić information content (AvgIpc) is 3.02. The molecule has 0 fully saturated rings. The van der Waals surface area contributed by atoms with Gasteiger partial charge in [0, 0.05) is 23.1 Å². The Balaban J connectivity index is 1.79. The minimum Gasteiger partial charge on any atom is -0.354 e. The van der Waals surface area contributed by atoms with Crippen molar-refractivity contribution in [1.29, 1.82) is 0 Å². The number of rotatable bonds is 13. The van der Waals surface area contributed by atoms with Crippen LogP contribution in [0.1, 0.15) is 30.5 Å². The maximum atomic E-state index is 14.5. The molecule has 0 radical (unpaired) electrons. The number of nitrogens with one attached hydrogen (secondary N) is 1. The van der Waals surface area contributed by atoms with Gasteiger partial charge < -0.3 is 10.2 Å². The topological polar surface area (TPSA) is 86.8 Å². The van der Waals surface area contributed by atoms with Crippen LogP contribution < -0.4 is 9.62 Å². The number of anilines is 1. The van der Waals surface area contributed by atoms with Gasteiger partial charge in [0.05, 0.1) is 10.6 Å². The highest BCUT2D eigenvalue weighted by atomic mass is 127. The number of carbonyl (C=O) groups is 2. The molecular formula is C35H38IN3O4S. The van der Waals surface area contributed by atoms with E-state index in [0.29, 0.717) is 12.2 Å². The Morgan fingerprint density at radius 1 is 0.818 bits per heavy atom. The van der Waals surface area contributed by atoms with Crippen LogP contribution in [0.15, 0.2) is 114 Å². The van der Waals surface area contributed by atoms with Gasteiger partial charge in [0.25, 0.3) is 10.0 Å². The lowest BCUT2D eigenvalue weighted by molar-refractivity contribution is -0.140. The van der Waals surface area contributed by atoms with Crippen LogP contribution in [0.25, 0.3) is 0 Å². The highest BCUT2D eigenvalue weighted by molar-refractivity contribution is 14.1. The van der Waals surface area contributed by atoms with Crippen molar-refractivity contribution < 1.29 is 18.0 Å². The molecule has 0 heterocycles. The highest BCUT2D eigenvalue weighted by Gasteiger charge is 2.34. The summed E-state index contributed by atoms with van der Waals surface area (Å²) in [4.78, 5) is 30.0. The van der Waals surface area contributed by atoms with Gasteiger partial charge in [0.15, 0.2) is 0 Å². The second-order valence-electron chi connectivity index (χ2n) is 11.1. The third-order valence-corrected chi connectivity index (χ3v) is 9.79. The predicted octanol–water partition coefficient (Wildman–Crippen LogP) is 6.21. The van der Waals surface area contributed by atoms with Crippen LogP contribution in [0, 0.1) is 16.4 Å². The van der Waals surface area contributed by atoms with Crippen LogP contribution in [0.2, 0.25) is 0 Å². The quantitative estimate of drug-likeness (QED) is 0.167. The zero-order valence-electron chi connectivity index (χ0n) is 25.2. The number of hydrogen-bond acceptors (Lipinski definition) is 4. The van der Waals surface area contributed by atoms with Crippen LogP contribution in [-0.4, -0.2) is 44.3 Å². The fourth-order valence-electron chi connectivity index (χ4n) is 4.80. The first-order chi connectivity index (χ1) is 21.1. The molecule has 9 heteroatoms. The molecule has 0 saturated carbocycles. The minimum atomic E-state index is -4.12. The predicted molar refractivity (Wildman–Crippen MR) is 184 cm³/mol. The van der Waals surface area contributed by atoms with Gasteiger partial charge in [-0.05, 0) is 88.5 Å². The number of nitrogens with zero attached hydrogens (tertiary/aromatic N) is 2. The van der Waals surface area contributed by atoms with Crippen molar-refractivity contribution in [2.75, 3.05) is 17.4 Å². The van der Waals surface area contributed by atoms with E-state index >= 15 is 0 Å². The molecule has 0 unspecified atom stereocenters. The highest BCUT2D eigenvalue weighted by Crippen LogP contribution is 2.26. The summed E-state index contributed by atoms with van der Waals surface area (Å²) in [5.74, 6) is -0.549. The Labute approximate surface area is 274 Å². The molecule has 4 aromatic carbocycles. The van der Waals surface area contributed by atoms with Crippen LogP contribution >= 0.6 is 22.6 Å². The molecule has 0 bridgehead atoms. The molecule has 2 amide bonds. The van der Waals surface area contributed by atoms with Crippen molar-refractivity contribution in [3.8, 4) is 0 Å². The molecule has 0 aliphatic rings. The lowest BCUT2D eigenvalue weighted by Gasteiger charge is -2.34. The molecular weight excluding hydrogens is 685 g/mol. The number of carbonyl (C=O) groups excluding carboxylic acids is 2. The molecule has 0 spiro atoms. The van der Waals surface area contributed by atoms with E-state index in [9.17, 15) is 18.0 Å². The van der Waals surface area contributed by atoms with E-state index in [1.165, 1.54) is 17.0 Å². The van der Waals surface area contributed by atoms with Crippen molar-refractivity contribution in [1.82, 2.24) is 10.2 Å². The van der Waals surface area contributed by atoms with E-state index in [0.717, 1.165) is 24.6 Å². The van der Waals surface area contributed by atoms with Crippen LogP contribution in [0.4, 0.5) is 5.69 Å². The van der Waals surface area contributed by atoms with E-state index in [4.69, 9.17) is 0 Å². The summed E-state index contributed by atoms with van der Waals surface area (Å²) < 4.78 is 30.1. The summed E-state index contributed by atoms with van der Waals surface area (Å²) in [5, 5.41) is 3.02. The monoisotopic (exact) mass is 723 g/mol. The third kappa shape index (κ3) is 8.69. The molecule has 4 aromatic rings. The van der Waals surface area contributed by atoms with Crippen LogP contribution in [0.5, 0.6) is 0 Å². The number of aryl methyl sites for hydroxylation is 1. The Kier molecular flexibility index (Phi) is 11.6. The van der Waals surface area contributed by atoms with E-state index in [1.807, 2.05) is 75.4 Å². The minimum absolute atomic E-state index is 0.0762. The van der Waals surface area contributed by atoms with Crippen LogP contribution in [-0.2, 0) is 32.6 Å². The second kappa shape index (κ2) is 15.3. The summed E-state index contributed by atoms with van der Waals surface area (Å²) in [5.41, 5.74) is 3.11. The molecule has 0 aliphatic heterocycles. The Morgan fingerprint density at radius 3 is 2.02 bits per heavy atom.